The van der Waals surface area contributed by atoms with Gasteiger partial charge < -0.3 is 14.8 Å². The largest absolute Gasteiger partial charge is 0.445 e. The summed E-state index contributed by atoms with van der Waals surface area (Å²) in [5, 5.41) is 5.14. The molecule has 9 heteroatoms. The van der Waals surface area contributed by atoms with E-state index in [1.807, 2.05) is 18.2 Å². The van der Waals surface area contributed by atoms with Crippen molar-refractivity contribution in [3.05, 3.63) is 59.5 Å². The second kappa shape index (κ2) is 8.45. The fourth-order valence-corrected chi connectivity index (χ4v) is 3.97. The average Bonchev–Trinajstić information content (AvgIpc) is 3.03. The molecule has 1 saturated heterocycles. The third-order valence-electron chi connectivity index (χ3n) is 3.66. The first-order chi connectivity index (χ1) is 13.2. The van der Waals surface area contributed by atoms with Crippen LogP contribution in [0.5, 0.6) is 10.8 Å². The summed E-state index contributed by atoms with van der Waals surface area (Å²) >= 11 is 9.08. The smallest absolute Gasteiger partial charge is 0.202 e. The lowest BCUT2D eigenvalue weighted by Gasteiger charge is -2.26. The van der Waals surface area contributed by atoms with Crippen LogP contribution in [0.2, 0.25) is 5.02 Å². The predicted octanol–water partition coefficient (Wildman–Crippen LogP) is 5.47. The molecule has 0 atom stereocenters. The number of halogens is 2. The zero-order chi connectivity index (χ0) is 18.6. The Morgan fingerprint density at radius 3 is 2.93 bits per heavy atom. The number of benzene rings is 2. The number of nitrogens with zero attached hydrogens (tertiary/aromatic N) is 1. The zero-order valence-electron chi connectivity index (χ0n) is 13.9. The summed E-state index contributed by atoms with van der Waals surface area (Å²) in [5.41, 5.74) is 0.861. The van der Waals surface area contributed by atoms with Crippen LogP contribution >= 0.6 is 34.9 Å². The van der Waals surface area contributed by atoms with Crippen molar-refractivity contribution in [3.8, 4) is 10.8 Å². The maximum atomic E-state index is 13.2. The highest BCUT2D eigenvalue weighted by atomic mass is 35.5. The van der Waals surface area contributed by atoms with Gasteiger partial charge in [-0.15, -0.1) is 0 Å². The summed E-state index contributed by atoms with van der Waals surface area (Å²) in [6, 6.07) is 12.0. The Morgan fingerprint density at radius 2 is 2.15 bits per heavy atom. The van der Waals surface area contributed by atoms with Gasteiger partial charge in [-0.1, -0.05) is 29.0 Å². The summed E-state index contributed by atoms with van der Waals surface area (Å²) in [6.07, 6.45) is 1.60. The van der Waals surface area contributed by atoms with Crippen LogP contribution in [0, 0.1) is 5.82 Å². The molecule has 1 aromatic heterocycles. The van der Waals surface area contributed by atoms with E-state index >= 15 is 0 Å². The molecule has 4 rings (SSSR count). The van der Waals surface area contributed by atoms with Gasteiger partial charge in [0.1, 0.15) is 11.6 Å². The fraction of sp³-hybridized carbons (Fsp3) is 0.167. The number of hydrogen-bond acceptors (Lipinski definition) is 7. The maximum absolute atomic E-state index is 13.2. The van der Waals surface area contributed by atoms with Crippen LogP contribution in [-0.4, -0.2) is 24.2 Å². The van der Waals surface area contributed by atoms with Crippen LogP contribution in [-0.2, 0) is 4.74 Å². The van der Waals surface area contributed by atoms with Gasteiger partial charge in [0, 0.05) is 16.6 Å². The van der Waals surface area contributed by atoms with Gasteiger partial charge in [-0.05, 0) is 42.3 Å². The van der Waals surface area contributed by atoms with Gasteiger partial charge in [-0.2, -0.15) is 0 Å². The molecule has 0 amide bonds. The van der Waals surface area contributed by atoms with E-state index in [1.165, 1.54) is 35.4 Å². The van der Waals surface area contributed by atoms with Crippen LogP contribution in [0.4, 0.5) is 15.2 Å². The number of hydrogen-bond donors (Lipinski definition) is 2. The molecular formula is C18H15ClFN3O2S2. The van der Waals surface area contributed by atoms with E-state index in [0.29, 0.717) is 27.0 Å². The SMILES string of the molecule is Fc1cccc(Oc2cnc(Nc3ccc(Cl)c(SNC4COC4)c3)s2)c1. The van der Waals surface area contributed by atoms with Gasteiger partial charge in [-0.25, -0.2) is 9.37 Å². The lowest BCUT2D eigenvalue weighted by molar-refractivity contribution is 0.00600. The Labute approximate surface area is 169 Å². The monoisotopic (exact) mass is 423 g/mol. The van der Waals surface area contributed by atoms with E-state index in [-0.39, 0.29) is 5.82 Å². The number of rotatable bonds is 7. The van der Waals surface area contributed by atoms with Crippen molar-refractivity contribution in [2.75, 3.05) is 18.5 Å². The molecule has 1 aliphatic heterocycles. The summed E-state index contributed by atoms with van der Waals surface area (Å²) in [7, 11) is 0. The van der Waals surface area contributed by atoms with Gasteiger partial charge in [0.25, 0.3) is 0 Å². The van der Waals surface area contributed by atoms with E-state index in [2.05, 4.69) is 15.0 Å². The summed E-state index contributed by atoms with van der Waals surface area (Å²) in [6.45, 7) is 1.44. The topological polar surface area (TPSA) is 55.4 Å². The van der Waals surface area contributed by atoms with Crippen LogP contribution in [0.15, 0.2) is 53.6 Å². The Kier molecular flexibility index (Phi) is 5.80. The van der Waals surface area contributed by atoms with Crippen LogP contribution in [0.25, 0.3) is 0 Å². The van der Waals surface area contributed by atoms with Crippen LogP contribution in [0.3, 0.4) is 0 Å². The fourth-order valence-electron chi connectivity index (χ4n) is 2.24. The van der Waals surface area contributed by atoms with Crippen molar-refractivity contribution >= 4 is 45.7 Å². The van der Waals surface area contributed by atoms with Gasteiger partial charge in [0.15, 0.2) is 5.13 Å². The molecule has 2 heterocycles. The van der Waals surface area contributed by atoms with Gasteiger partial charge in [0.05, 0.1) is 30.5 Å². The molecular weight excluding hydrogens is 409 g/mol. The van der Waals surface area contributed by atoms with Crippen molar-refractivity contribution in [2.45, 2.75) is 10.9 Å². The zero-order valence-corrected chi connectivity index (χ0v) is 16.3. The van der Waals surface area contributed by atoms with Crippen LogP contribution in [0.1, 0.15) is 0 Å². The predicted molar refractivity (Wildman–Crippen MR) is 107 cm³/mol. The molecule has 3 aromatic rings. The first-order valence-corrected chi connectivity index (χ1v) is 10.1. The Hall–Kier alpha value is -1.84. The Morgan fingerprint density at radius 1 is 1.26 bits per heavy atom. The molecule has 140 valence electrons. The standard InChI is InChI=1S/C18H15ClFN3O2S2/c19-15-5-4-12(7-16(15)27-23-13-9-24-10-13)22-18-21-8-17(26-18)25-14-3-1-2-11(20)6-14/h1-8,13,23H,9-10H2,(H,21,22). The van der Waals surface area contributed by atoms with Crippen molar-refractivity contribution in [1.82, 2.24) is 9.71 Å². The van der Waals surface area contributed by atoms with E-state index in [9.17, 15) is 4.39 Å². The molecule has 0 bridgehead atoms. The lowest BCUT2D eigenvalue weighted by Crippen LogP contribution is -2.42. The quantitative estimate of drug-likeness (QED) is 0.491. The molecule has 0 radical (unpaired) electrons. The highest BCUT2D eigenvalue weighted by Gasteiger charge is 2.18. The molecule has 0 saturated carbocycles. The molecule has 1 fully saturated rings. The van der Waals surface area contributed by atoms with Crippen molar-refractivity contribution in [1.29, 1.82) is 0 Å². The first kappa shape index (κ1) is 18.5. The summed E-state index contributed by atoms with van der Waals surface area (Å²) in [4.78, 5) is 5.21. The van der Waals surface area contributed by atoms with E-state index < -0.39 is 0 Å². The molecule has 2 aromatic carbocycles. The number of anilines is 2. The third kappa shape index (κ3) is 4.91. The normalized spacial score (nSPS) is 14.0. The molecule has 27 heavy (non-hydrogen) atoms. The minimum Gasteiger partial charge on any atom is -0.445 e. The van der Waals surface area contributed by atoms with E-state index in [4.69, 9.17) is 21.1 Å². The van der Waals surface area contributed by atoms with Crippen molar-refractivity contribution in [3.63, 3.8) is 0 Å². The second-order valence-corrected chi connectivity index (χ2v) is 8.05. The highest BCUT2D eigenvalue weighted by Crippen LogP contribution is 2.34. The van der Waals surface area contributed by atoms with E-state index in [0.717, 1.165) is 23.8 Å². The molecule has 0 spiro atoms. The first-order valence-electron chi connectivity index (χ1n) is 8.12. The minimum atomic E-state index is -0.344. The molecule has 0 unspecified atom stereocenters. The number of nitrogens with one attached hydrogen (secondary N) is 2. The summed E-state index contributed by atoms with van der Waals surface area (Å²) in [5.74, 6) is 0.0880. The average molecular weight is 424 g/mol. The number of ether oxygens (including phenoxy) is 2. The molecule has 2 N–H and O–H groups in total. The van der Waals surface area contributed by atoms with Crippen molar-refractivity contribution < 1.29 is 13.9 Å². The lowest BCUT2D eigenvalue weighted by atomic mass is 10.3. The number of thiazole rings is 1. The van der Waals surface area contributed by atoms with E-state index in [1.54, 1.807) is 18.3 Å². The Bertz CT molecular complexity index is 936. The van der Waals surface area contributed by atoms with Gasteiger partial charge >= 0.3 is 0 Å². The maximum Gasteiger partial charge on any atom is 0.202 e. The van der Waals surface area contributed by atoms with Crippen LogP contribution < -0.4 is 14.8 Å². The number of aromatic nitrogens is 1. The molecule has 5 nitrogen and oxygen atoms in total. The Balaban J connectivity index is 1.40. The van der Waals surface area contributed by atoms with Crippen molar-refractivity contribution in [2.24, 2.45) is 0 Å². The molecule has 0 aliphatic carbocycles. The van der Waals surface area contributed by atoms with Gasteiger partial charge in [-0.3, -0.25) is 4.72 Å². The highest BCUT2D eigenvalue weighted by molar-refractivity contribution is 7.97. The summed E-state index contributed by atoms with van der Waals surface area (Å²) < 4.78 is 27.3. The second-order valence-electron chi connectivity index (χ2n) is 5.77. The van der Waals surface area contributed by atoms with Gasteiger partial charge in [0.2, 0.25) is 5.06 Å². The minimum absolute atomic E-state index is 0.344. The molecule has 1 aliphatic rings. The third-order valence-corrected chi connectivity index (χ3v) is 5.90.